The lowest BCUT2D eigenvalue weighted by molar-refractivity contribution is -0.143. The van der Waals surface area contributed by atoms with Gasteiger partial charge < -0.3 is 10.4 Å². The van der Waals surface area contributed by atoms with Crippen LogP contribution in [0.1, 0.15) is 25.7 Å². The summed E-state index contributed by atoms with van der Waals surface area (Å²) in [5, 5.41) is 11.5. The number of amides is 1. The van der Waals surface area contributed by atoms with Gasteiger partial charge in [-0.05, 0) is 25.3 Å². The lowest BCUT2D eigenvalue weighted by Gasteiger charge is -2.26. The predicted molar refractivity (Wildman–Crippen MR) is 51.7 cm³/mol. The Bertz CT molecular complexity index is 250. The van der Waals surface area contributed by atoms with E-state index in [9.17, 15) is 9.59 Å². The van der Waals surface area contributed by atoms with Gasteiger partial charge in [-0.1, -0.05) is 13.0 Å². The average molecular weight is 197 g/mol. The molecule has 1 aliphatic rings. The number of rotatable bonds is 3. The van der Waals surface area contributed by atoms with E-state index in [1.54, 1.807) is 0 Å². The number of carbonyl (C=O) groups is 2. The third kappa shape index (κ3) is 2.87. The fraction of sp³-hybridized carbons (Fsp3) is 0.600. The van der Waals surface area contributed by atoms with Crippen LogP contribution in [0.5, 0.6) is 0 Å². The number of hydrogen-bond donors (Lipinski definition) is 2. The number of carboxylic acids is 1. The summed E-state index contributed by atoms with van der Waals surface area (Å²) in [6, 6.07) is -0.00431. The van der Waals surface area contributed by atoms with Crippen molar-refractivity contribution in [3.63, 3.8) is 0 Å². The molecule has 0 aromatic heterocycles. The summed E-state index contributed by atoms with van der Waals surface area (Å²) in [6.45, 7) is 3.35. The summed E-state index contributed by atoms with van der Waals surface area (Å²) in [5.74, 6) is -1.29. The van der Waals surface area contributed by atoms with Crippen LogP contribution in [-0.4, -0.2) is 23.0 Å². The maximum absolute atomic E-state index is 11.0. The van der Waals surface area contributed by atoms with Crippen molar-refractivity contribution in [2.24, 2.45) is 5.92 Å². The molecule has 1 rings (SSSR count). The molecule has 2 N–H and O–H groups in total. The summed E-state index contributed by atoms with van der Waals surface area (Å²) >= 11 is 0. The van der Waals surface area contributed by atoms with Crippen LogP contribution in [0.4, 0.5) is 0 Å². The standard InChI is InChI=1S/C10H15NO3/c1-2-9(12)11-8-5-3-4-7(6-8)10(13)14/h2,7-8H,1,3-6H2,(H,11,12)(H,13,14)/t7-,8+/m0/s1. The molecule has 1 amide bonds. The molecule has 0 spiro atoms. The summed E-state index contributed by atoms with van der Waals surface area (Å²) in [6.07, 6.45) is 4.19. The lowest BCUT2D eigenvalue weighted by Crippen LogP contribution is -2.39. The Hall–Kier alpha value is -1.32. The minimum Gasteiger partial charge on any atom is -0.481 e. The molecule has 1 saturated carbocycles. The Balaban J connectivity index is 2.43. The van der Waals surface area contributed by atoms with E-state index in [4.69, 9.17) is 5.11 Å². The molecule has 4 nitrogen and oxygen atoms in total. The van der Waals surface area contributed by atoms with Gasteiger partial charge in [0, 0.05) is 6.04 Å². The lowest BCUT2D eigenvalue weighted by atomic mass is 9.86. The monoisotopic (exact) mass is 197 g/mol. The maximum Gasteiger partial charge on any atom is 0.306 e. The van der Waals surface area contributed by atoms with Gasteiger partial charge in [-0.3, -0.25) is 9.59 Å². The van der Waals surface area contributed by atoms with Crippen LogP contribution >= 0.6 is 0 Å². The first-order valence-corrected chi connectivity index (χ1v) is 4.79. The zero-order valence-electron chi connectivity index (χ0n) is 8.03. The highest BCUT2D eigenvalue weighted by Gasteiger charge is 2.27. The van der Waals surface area contributed by atoms with Crippen LogP contribution in [0, 0.1) is 5.92 Å². The molecule has 0 saturated heterocycles. The van der Waals surface area contributed by atoms with E-state index in [2.05, 4.69) is 11.9 Å². The fourth-order valence-corrected chi connectivity index (χ4v) is 1.81. The van der Waals surface area contributed by atoms with Crippen molar-refractivity contribution in [1.29, 1.82) is 0 Å². The van der Waals surface area contributed by atoms with E-state index in [1.807, 2.05) is 0 Å². The van der Waals surface area contributed by atoms with Crippen molar-refractivity contribution < 1.29 is 14.7 Å². The Morgan fingerprint density at radius 3 is 2.71 bits per heavy atom. The largest absolute Gasteiger partial charge is 0.481 e. The third-order valence-electron chi connectivity index (χ3n) is 2.56. The topological polar surface area (TPSA) is 66.4 Å². The van der Waals surface area contributed by atoms with Crippen molar-refractivity contribution in [2.45, 2.75) is 31.7 Å². The molecule has 14 heavy (non-hydrogen) atoms. The molecule has 4 heteroatoms. The number of carbonyl (C=O) groups excluding carboxylic acids is 1. The van der Waals surface area contributed by atoms with Gasteiger partial charge in [0.25, 0.3) is 0 Å². The van der Waals surface area contributed by atoms with E-state index < -0.39 is 5.97 Å². The van der Waals surface area contributed by atoms with Gasteiger partial charge >= 0.3 is 5.97 Å². The summed E-state index contributed by atoms with van der Waals surface area (Å²) in [4.78, 5) is 21.7. The highest BCUT2D eigenvalue weighted by Crippen LogP contribution is 2.24. The first-order valence-electron chi connectivity index (χ1n) is 4.79. The summed E-state index contributed by atoms with van der Waals surface area (Å²) < 4.78 is 0. The number of nitrogens with one attached hydrogen (secondary N) is 1. The van der Waals surface area contributed by atoms with Crippen molar-refractivity contribution in [1.82, 2.24) is 5.32 Å². The Morgan fingerprint density at radius 2 is 2.14 bits per heavy atom. The van der Waals surface area contributed by atoms with Gasteiger partial charge in [0.2, 0.25) is 5.91 Å². The van der Waals surface area contributed by atoms with Crippen molar-refractivity contribution in [2.75, 3.05) is 0 Å². The molecule has 0 bridgehead atoms. The highest BCUT2D eigenvalue weighted by atomic mass is 16.4. The van der Waals surface area contributed by atoms with Gasteiger partial charge in [-0.2, -0.15) is 0 Å². The average Bonchev–Trinajstić information content (AvgIpc) is 2.18. The molecular formula is C10H15NO3. The number of carboxylic acid groups (broad SMARTS) is 1. The number of aliphatic carboxylic acids is 1. The van der Waals surface area contributed by atoms with Gasteiger partial charge in [0.05, 0.1) is 5.92 Å². The van der Waals surface area contributed by atoms with Crippen LogP contribution < -0.4 is 5.32 Å². The normalized spacial score (nSPS) is 26.6. The summed E-state index contributed by atoms with van der Waals surface area (Å²) in [7, 11) is 0. The minimum atomic E-state index is -0.762. The van der Waals surface area contributed by atoms with Crippen LogP contribution in [-0.2, 0) is 9.59 Å². The first kappa shape index (κ1) is 10.8. The van der Waals surface area contributed by atoms with Crippen LogP contribution in [0.3, 0.4) is 0 Å². The van der Waals surface area contributed by atoms with Crippen LogP contribution in [0.15, 0.2) is 12.7 Å². The van der Waals surface area contributed by atoms with E-state index in [0.29, 0.717) is 6.42 Å². The van der Waals surface area contributed by atoms with Gasteiger partial charge in [0.1, 0.15) is 0 Å². The fourth-order valence-electron chi connectivity index (χ4n) is 1.81. The van der Waals surface area contributed by atoms with Gasteiger partial charge in [0.15, 0.2) is 0 Å². The zero-order valence-corrected chi connectivity index (χ0v) is 8.03. The molecule has 0 aromatic carbocycles. The van der Waals surface area contributed by atoms with E-state index >= 15 is 0 Å². The van der Waals surface area contributed by atoms with Gasteiger partial charge in [-0.25, -0.2) is 0 Å². The maximum atomic E-state index is 11.0. The summed E-state index contributed by atoms with van der Waals surface area (Å²) in [5.41, 5.74) is 0. The van der Waals surface area contributed by atoms with Crippen molar-refractivity contribution >= 4 is 11.9 Å². The predicted octanol–water partition coefficient (Wildman–Crippen LogP) is 0.932. The molecule has 2 atom stereocenters. The first-order chi connectivity index (χ1) is 6.63. The Kier molecular flexibility index (Phi) is 3.68. The molecular weight excluding hydrogens is 182 g/mol. The van der Waals surface area contributed by atoms with Crippen LogP contribution in [0.25, 0.3) is 0 Å². The van der Waals surface area contributed by atoms with Crippen molar-refractivity contribution in [3.8, 4) is 0 Å². The number of hydrogen-bond acceptors (Lipinski definition) is 2. The second kappa shape index (κ2) is 4.79. The smallest absolute Gasteiger partial charge is 0.306 e. The second-order valence-electron chi connectivity index (χ2n) is 3.61. The Morgan fingerprint density at radius 1 is 1.43 bits per heavy atom. The molecule has 78 valence electrons. The molecule has 1 fully saturated rings. The molecule has 1 aliphatic carbocycles. The molecule has 0 aromatic rings. The molecule has 0 aliphatic heterocycles. The second-order valence-corrected chi connectivity index (χ2v) is 3.61. The SMILES string of the molecule is C=CC(=O)N[C@@H]1CCC[C@H](C(=O)O)C1. The zero-order chi connectivity index (χ0) is 10.6. The third-order valence-corrected chi connectivity index (χ3v) is 2.56. The molecule has 0 radical (unpaired) electrons. The van der Waals surface area contributed by atoms with E-state index in [0.717, 1.165) is 19.3 Å². The van der Waals surface area contributed by atoms with Gasteiger partial charge in [-0.15, -0.1) is 0 Å². The minimum absolute atomic E-state index is 0.00431. The molecule has 0 unspecified atom stereocenters. The van der Waals surface area contributed by atoms with E-state index in [1.165, 1.54) is 6.08 Å². The van der Waals surface area contributed by atoms with Crippen molar-refractivity contribution in [3.05, 3.63) is 12.7 Å². The molecule has 0 heterocycles. The quantitative estimate of drug-likeness (QED) is 0.661. The van der Waals surface area contributed by atoms with Crippen LogP contribution in [0.2, 0.25) is 0 Å². The Labute approximate surface area is 83.0 Å². The van der Waals surface area contributed by atoms with E-state index in [-0.39, 0.29) is 17.9 Å². The highest BCUT2D eigenvalue weighted by molar-refractivity contribution is 5.87.